The van der Waals surface area contributed by atoms with Crippen molar-refractivity contribution in [3.8, 4) is 23.0 Å². The second-order valence-electron chi connectivity index (χ2n) is 7.93. The molecule has 166 valence electrons. The molecule has 0 bridgehead atoms. The summed E-state index contributed by atoms with van der Waals surface area (Å²) in [4.78, 5) is 0. The van der Waals surface area contributed by atoms with Crippen LogP contribution in [0.5, 0.6) is 0 Å². The Balaban J connectivity index is 1.77. The van der Waals surface area contributed by atoms with Gasteiger partial charge in [-0.15, -0.1) is 0 Å². The Morgan fingerprint density at radius 3 is 2.25 bits per heavy atom. The molecule has 7 heteroatoms. The summed E-state index contributed by atoms with van der Waals surface area (Å²) in [6.45, 7) is 0. The van der Waals surface area contributed by atoms with E-state index >= 15 is 0 Å². The van der Waals surface area contributed by atoms with Gasteiger partial charge in [0.1, 0.15) is 11.6 Å². The topological polar surface area (TPSA) is 0 Å². The maximum absolute atomic E-state index is 14.9. The predicted molar refractivity (Wildman–Crippen MR) is 113 cm³/mol. The highest BCUT2D eigenvalue weighted by Gasteiger charge is 2.24. The molecule has 0 aromatic heterocycles. The molecule has 0 heterocycles. The maximum Gasteiger partial charge on any atom is 0.458 e. The summed E-state index contributed by atoms with van der Waals surface area (Å²) in [6.07, 6.45) is 0.533. The highest BCUT2D eigenvalue weighted by Crippen LogP contribution is 2.38. The molecule has 0 unspecified atom stereocenters. The van der Waals surface area contributed by atoms with Crippen LogP contribution in [0.3, 0.4) is 0 Å². The third kappa shape index (κ3) is 4.59. The van der Waals surface area contributed by atoms with E-state index in [0.29, 0.717) is 11.5 Å². The van der Waals surface area contributed by atoms with Crippen molar-refractivity contribution in [3.05, 3.63) is 70.0 Å². The monoisotopic (exact) mass is 466 g/mol. The lowest BCUT2D eigenvalue weighted by Gasteiger charge is -2.22. The molecule has 0 nitrogen and oxygen atoms in total. The Hall–Kier alpha value is -2.65. The second-order valence-corrected chi connectivity index (χ2v) is 8.33. The number of alkyl halides is 3. The van der Waals surface area contributed by atoms with E-state index in [1.54, 1.807) is 6.07 Å². The smallest absolute Gasteiger partial charge is 0.206 e. The van der Waals surface area contributed by atoms with Gasteiger partial charge < -0.3 is 0 Å². The Bertz CT molecular complexity index is 1240. The highest BCUT2D eigenvalue weighted by molar-refractivity contribution is 6.36. The average molecular weight is 467 g/mol. The minimum atomic E-state index is -4.90. The standard InChI is InChI=1S/C25H17ClF6/c26-20-11-16(18-7-6-15(12-21(18)27)14-4-2-1-3-5-14)10-17-13-22(28)19(24(29)23(17)20)8-9-25(30,31)32/h6-7,10-14H,1-5H2. The zero-order valence-electron chi connectivity index (χ0n) is 16.7. The van der Waals surface area contributed by atoms with Crippen LogP contribution in [0.1, 0.15) is 49.1 Å². The Labute approximate surface area is 186 Å². The van der Waals surface area contributed by atoms with Crippen LogP contribution in [0.2, 0.25) is 5.02 Å². The molecule has 0 saturated heterocycles. The summed E-state index contributed by atoms with van der Waals surface area (Å²) >= 11 is 6.18. The van der Waals surface area contributed by atoms with E-state index in [2.05, 4.69) is 0 Å². The first-order valence-corrected chi connectivity index (χ1v) is 10.5. The summed E-state index contributed by atoms with van der Waals surface area (Å²) in [5.74, 6) is -0.362. The third-order valence-electron chi connectivity index (χ3n) is 5.79. The minimum Gasteiger partial charge on any atom is -0.206 e. The molecule has 3 aromatic carbocycles. The van der Waals surface area contributed by atoms with Crippen molar-refractivity contribution in [2.24, 2.45) is 0 Å². The molecular formula is C25H17ClF6. The van der Waals surface area contributed by atoms with E-state index in [1.807, 2.05) is 6.07 Å². The van der Waals surface area contributed by atoms with Gasteiger partial charge in [-0.05, 0) is 59.5 Å². The molecule has 4 rings (SSSR count). The molecule has 1 fully saturated rings. The van der Waals surface area contributed by atoms with Gasteiger partial charge in [-0.25, -0.2) is 13.2 Å². The van der Waals surface area contributed by atoms with Crippen molar-refractivity contribution in [2.75, 3.05) is 0 Å². The van der Waals surface area contributed by atoms with Crippen LogP contribution >= 0.6 is 11.6 Å². The first-order valence-electron chi connectivity index (χ1n) is 10.1. The van der Waals surface area contributed by atoms with Gasteiger partial charge in [0, 0.05) is 16.9 Å². The largest absolute Gasteiger partial charge is 0.458 e. The molecule has 0 radical (unpaired) electrons. The van der Waals surface area contributed by atoms with Crippen molar-refractivity contribution >= 4 is 22.4 Å². The lowest BCUT2D eigenvalue weighted by Crippen LogP contribution is -2.05. The molecule has 0 aliphatic heterocycles. The molecule has 0 N–H and O–H groups in total. The number of hydrogen-bond acceptors (Lipinski definition) is 0. The minimum absolute atomic E-state index is 0.00387. The molecule has 3 aromatic rings. The molecule has 32 heavy (non-hydrogen) atoms. The first-order chi connectivity index (χ1) is 15.1. The summed E-state index contributed by atoms with van der Waals surface area (Å²) in [5.41, 5.74) is 0.425. The summed E-state index contributed by atoms with van der Waals surface area (Å²) in [7, 11) is 0. The van der Waals surface area contributed by atoms with Crippen LogP contribution in [0.4, 0.5) is 26.3 Å². The second kappa shape index (κ2) is 8.71. The van der Waals surface area contributed by atoms with Gasteiger partial charge in [0.05, 0.1) is 10.6 Å². The van der Waals surface area contributed by atoms with Crippen molar-refractivity contribution in [1.82, 2.24) is 0 Å². The normalized spacial score (nSPS) is 15.0. The molecule has 1 aliphatic carbocycles. The van der Waals surface area contributed by atoms with E-state index in [4.69, 9.17) is 11.6 Å². The predicted octanol–water partition coefficient (Wildman–Crippen LogP) is 8.54. The maximum atomic E-state index is 14.9. The van der Waals surface area contributed by atoms with E-state index in [0.717, 1.165) is 43.2 Å². The van der Waals surface area contributed by atoms with Gasteiger partial charge in [-0.2, -0.15) is 13.2 Å². The SMILES string of the molecule is Fc1cc(C2CCCCC2)ccc1-c1cc(Cl)c2c(F)c(C#CC(F)(F)F)c(F)cc2c1. The van der Waals surface area contributed by atoms with Crippen molar-refractivity contribution < 1.29 is 26.3 Å². The van der Waals surface area contributed by atoms with E-state index in [-0.39, 0.29) is 21.4 Å². The number of hydrogen-bond donors (Lipinski definition) is 0. The van der Waals surface area contributed by atoms with Crippen LogP contribution < -0.4 is 0 Å². The van der Waals surface area contributed by atoms with Gasteiger partial charge in [0.25, 0.3) is 0 Å². The molecule has 0 atom stereocenters. The van der Waals surface area contributed by atoms with E-state index in [9.17, 15) is 26.3 Å². The number of benzene rings is 3. The number of fused-ring (bicyclic) bond motifs is 1. The van der Waals surface area contributed by atoms with Crippen LogP contribution in [-0.4, -0.2) is 6.18 Å². The number of halogens is 7. The zero-order valence-corrected chi connectivity index (χ0v) is 17.5. The highest BCUT2D eigenvalue weighted by atomic mass is 35.5. The quantitative estimate of drug-likeness (QED) is 0.262. The molecule has 1 aliphatic rings. The zero-order chi connectivity index (χ0) is 23.0. The van der Waals surface area contributed by atoms with Gasteiger partial charge in [0.15, 0.2) is 5.82 Å². The molecule has 0 amide bonds. The van der Waals surface area contributed by atoms with Crippen molar-refractivity contribution in [3.63, 3.8) is 0 Å². The van der Waals surface area contributed by atoms with Gasteiger partial charge in [-0.3, -0.25) is 0 Å². The first kappa shape index (κ1) is 22.5. The van der Waals surface area contributed by atoms with Gasteiger partial charge >= 0.3 is 6.18 Å². The van der Waals surface area contributed by atoms with Gasteiger partial charge in [0.2, 0.25) is 0 Å². The Morgan fingerprint density at radius 1 is 0.875 bits per heavy atom. The fraction of sp³-hybridized carbons (Fsp3) is 0.280. The Morgan fingerprint density at radius 2 is 1.59 bits per heavy atom. The van der Waals surface area contributed by atoms with E-state index < -0.39 is 29.2 Å². The summed E-state index contributed by atoms with van der Waals surface area (Å²) in [5, 5.41) is -0.459. The third-order valence-corrected chi connectivity index (χ3v) is 6.09. The summed E-state index contributed by atoms with van der Waals surface area (Å²) < 4.78 is 81.1. The molecule has 0 spiro atoms. The fourth-order valence-electron chi connectivity index (χ4n) is 4.27. The van der Waals surface area contributed by atoms with Crippen LogP contribution in [0.15, 0.2) is 36.4 Å². The fourth-order valence-corrected chi connectivity index (χ4v) is 4.58. The lowest BCUT2D eigenvalue weighted by atomic mass is 9.83. The van der Waals surface area contributed by atoms with Crippen LogP contribution in [0.25, 0.3) is 21.9 Å². The van der Waals surface area contributed by atoms with Crippen molar-refractivity contribution in [1.29, 1.82) is 0 Å². The van der Waals surface area contributed by atoms with Crippen molar-refractivity contribution in [2.45, 2.75) is 44.2 Å². The Kier molecular flexibility index (Phi) is 6.13. The average Bonchev–Trinajstić information content (AvgIpc) is 2.72. The number of rotatable bonds is 2. The summed E-state index contributed by atoms with van der Waals surface area (Å²) in [6, 6.07) is 8.47. The van der Waals surface area contributed by atoms with Crippen LogP contribution in [0, 0.1) is 29.3 Å². The van der Waals surface area contributed by atoms with Crippen LogP contribution in [-0.2, 0) is 0 Å². The van der Waals surface area contributed by atoms with E-state index in [1.165, 1.54) is 30.5 Å². The molecular weight excluding hydrogens is 450 g/mol. The van der Waals surface area contributed by atoms with Gasteiger partial charge in [-0.1, -0.05) is 48.9 Å². The molecule has 1 saturated carbocycles. The lowest BCUT2D eigenvalue weighted by molar-refractivity contribution is -0.0696.